The average molecular weight is 322 g/mol. The largest absolute Gasteiger partial charge is 0.316 e. The highest BCUT2D eigenvalue weighted by atomic mass is 79.9. The summed E-state index contributed by atoms with van der Waals surface area (Å²) in [5.41, 5.74) is 2.10. The molecule has 1 saturated heterocycles. The van der Waals surface area contributed by atoms with E-state index in [1.54, 1.807) is 0 Å². The molecule has 1 heterocycles. The lowest BCUT2D eigenvalue weighted by Gasteiger charge is -2.46. The lowest BCUT2D eigenvalue weighted by Crippen LogP contribution is -2.45. The van der Waals surface area contributed by atoms with Crippen molar-refractivity contribution in [1.29, 1.82) is 0 Å². The summed E-state index contributed by atoms with van der Waals surface area (Å²) in [5, 5.41) is 3.63. The van der Waals surface area contributed by atoms with Crippen molar-refractivity contribution in [3.63, 3.8) is 0 Å². The van der Waals surface area contributed by atoms with Gasteiger partial charge in [0.2, 0.25) is 0 Å². The maximum atomic E-state index is 3.64. The first-order chi connectivity index (χ1) is 9.26. The van der Waals surface area contributed by atoms with Crippen molar-refractivity contribution in [2.45, 2.75) is 44.9 Å². The average Bonchev–Trinajstić information content (AvgIpc) is 2.82. The van der Waals surface area contributed by atoms with Crippen LogP contribution in [0.5, 0.6) is 0 Å². The van der Waals surface area contributed by atoms with Crippen molar-refractivity contribution >= 4 is 15.9 Å². The Morgan fingerprint density at radius 1 is 1.37 bits per heavy atom. The van der Waals surface area contributed by atoms with Gasteiger partial charge in [-0.25, -0.2) is 0 Å². The third-order valence-electron chi connectivity index (χ3n) is 5.56. The molecule has 3 rings (SSSR count). The molecule has 0 radical (unpaired) electrons. The number of halogens is 1. The van der Waals surface area contributed by atoms with Gasteiger partial charge >= 0.3 is 0 Å². The molecule has 104 valence electrons. The summed E-state index contributed by atoms with van der Waals surface area (Å²) >= 11 is 3.64. The molecule has 2 heteroatoms. The quantitative estimate of drug-likeness (QED) is 0.830. The van der Waals surface area contributed by atoms with Crippen molar-refractivity contribution < 1.29 is 0 Å². The lowest BCUT2D eigenvalue weighted by atomic mass is 9.61. The molecular weight excluding hydrogens is 298 g/mol. The summed E-state index contributed by atoms with van der Waals surface area (Å²) in [6.45, 7) is 4.76. The summed E-state index contributed by atoms with van der Waals surface area (Å²) in [7, 11) is 0. The van der Waals surface area contributed by atoms with E-state index in [4.69, 9.17) is 0 Å². The Kier molecular flexibility index (Phi) is 4.00. The Hall–Kier alpha value is -0.340. The van der Waals surface area contributed by atoms with Gasteiger partial charge < -0.3 is 5.32 Å². The minimum Gasteiger partial charge on any atom is -0.316 e. The maximum Gasteiger partial charge on any atom is 0.0178 e. The molecule has 0 amide bonds. The lowest BCUT2D eigenvalue weighted by molar-refractivity contribution is 0.103. The molecule has 1 aliphatic heterocycles. The molecule has 3 atom stereocenters. The molecule has 2 fully saturated rings. The van der Waals surface area contributed by atoms with Gasteiger partial charge in [-0.3, -0.25) is 0 Å². The Morgan fingerprint density at radius 3 is 3.05 bits per heavy atom. The first kappa shape index (κ1) is 13.6. The van der Waals surface area contributed by atoms with Crippen LogP contribution in [-0.2, 0) is 0 Å². The van der Waals surface area contributed by atoms with Crippen molar-refractivity contribution in [2.75, 3.05) is 13.1 Å². The van der Waals surface area contributed by atoms with Gasteiger partial charge in [0.05, 0.1) is 0 Å². The molecule has 1 nitrogen and oxygen atoms in total. The van der Waals surface area contributed by atoms with Crippen LogP contribution in [0, 0.1) is 11.3 Å². The molecule has 1 saturated carbocycles. The standard InChI is InChI=1S/C17H24BrN/c1-2-14-6-4-8-17(14)9-10-19-12-16(17)13-5-3-7-15(18)11-13/h3,5,7,11,14,16,19H,2,4,6,8-10,12H2,1H3. The van der Waals surface area contributed by atoms with Crippen LogP contribution in [-0.4, -0.2) is 13.1 Å². The van der Waals surface area contributed by atoms with E-state index < -0.39 is 0 Å². The second kappa shape index (κ2) is 5.57. The minimum atomic E-state index is 0.570. The zero-order valence-corrected chi connectivity index (χ0v) is 13.4. The SMILES string of the molecule is CCC1CCCC12CCNCC2c1cccc(Br)c1. The van der Waals surface area contributed by atoms with Crippen molar-refractivity contribution in [3.05, 3.63) is 34.3 Å². The zero-order valence-electron chi connectivity index (χ0n) is 11.8. The second-order valence-electron chi connectivity index (χ2n) is 6.29. The Morgan fingerprint density at radius 2 is 2.26 bits per heavy atom. The monoisotopic (exact) mass is 321 g/mol. The first-order valence-electron chi connectivity index (χ1n) is 7.72. The van der Waals surface area contributed by atoms with Crippen LogP contribution >= 0.6 is 15.9 Å². The van der Waals surface area contributed by atoms with Gasteiger partial charge in [-0.15, -0.1) is 0 Å². The topological polar surface area (TPSA) is 12.0 Å². The van der Waals surface area contributed by atoms with Gasteiger partial charge in [-0.1, -0.05) is 47.8 Å². The van der Waals surface area contributed by atoms with Gasteiger partial charge in [-0.05, 0) is 54.8 Å². The molecule has 3 unspecified atom stereocenters. The summed E-state index contributed by atoms with van der Waals surface area (Å²) in [6, 6.07) is 9.00. The Labute approximate surface area is 125 Å². The van der Waals surface area contributed by atoms with Crippen molar-refractivity contribution in [3.8, 4) is 0 Å². The van der Waals surface area contributed by atoms with Crippen molar-refractivity contribution in [2.24, 2.45) is 11.3 Å². The zero-order chi connectivity index (χ0) is 13.3. The number of nitrogens with one attached hydrogen (secondary N) is 1. The van der Waals surface area contributed by atoms with Crippen LogP contribution in [0.1, 0.15) is 50.5 Å². The molecule has 1 aromatic rings. The third kappa shape index (κ3) is 2.38. The van der Waals surface area contributed by atoms with Gasteiger partial charge in [0.15, 0.2) is 0 Å². The highest BCUT2D eigenvalue weighted by Gasteiger charge is 2.48. The Bertz CT molecular complexity index is 445. The number of rotatable bonds is 2. The van der Waals surface area contributed by atoms with E-state index >= 15 is 0 Å². The molecule has 1 aromatic carbocycles. The van der Waals surface area contributed by atoms with E-state index in [9.17, 15) is 0 Å². The highest BCUT2D eigenvalue weighted by molar-refractivity contribution is 9.10. The van der Waals surface area contributed by atoms with Gasteiger partial charge in [0, 0.05) is 16.9 Å². The predicted molar refractivity (Wildman–Crippen MR) is 84.4 cm³/mol. The fraction of sp³-hybridized carbons (Fsp3) is 0.647. The molecule has 1 aliphatic carbocycles. The predicted octanol–water partition coefficient (Wildman–Crippen LogP) is 4.72. The van der Waals surface area contributed by atoms with E-state index in [0.717, 1.165) is 12.5 Å². The van der Waals surface area contributed by atoms with Gasteiger partial charge in [0.1, 0.15) is 0 Å². The highest BCUT2D eigenvalue weighted by Crippen LogP contribution is 2.56. The number of piperidine rings is 1. The number of hydrogen-bond donors (Lipinski definition) is 1. The normalized spacial score (nSPS) is 34.8. The van der Waals surface area contributed by atoms with Crippen LogP contribution < -0.4 is 5.32 Å². The fourth-order valence-corrected chi connectivity index (χ4v) is 5.10. The fourth-order valence-electron chi connectivity index (χ4n) is 4.69. The number of hydrogen-bond acceptors (Lipinski definition) is 1. The summed E-state index contributed by atoms with van der Waals surface area (Å²) in [5.74, 6) is 1.63. The Balaban J connectivity index is 1.97. The van der Waals surface area contributed by atoms with E-state index in [1.165, 1.54) is 48.7 Å². The smallest absolute Gasteiger partial charge is 0.0178 e. The van der Waals surface area contributed by atoms with Crippen LogP contribution in [0.15, 0.2) is 28.7 Å². The van der Waals surface area contributed by atoms with Gasteiger partial charge in [0.25, 0.3) is 0 Å². The molecule has 0 aromatic heterocycles. The van der Waals surface area contributed by atoms with Crippen LogP contribution in [0.3, 0.4) is 0 Å². The van der Waals surface area contributed by atoms with Crippen LogP contribution in [0.25, 0.3) is 0 Å². The molecule has 19 heavy (non-hydrogen) atoms. The van der Waals surface area contributed by atoms with E-state index in [1.807, 2.05) is 0 Å². The van der Waals surface area contributed by atoms with Crippen LogP contribution in [0.4, 0.5) is 0 Å². The first-order valence-corrected chi connectivity index (χ1v) is 8.52. The van der Waals surface area contributed by atoms with Crippen molar-refractivity contribution in [1.82, 2.24) is 5.32 Å². The molecule has 0 bridgehead atoms. The van der Waals surface area contributed by atoms with E-state index in [0.29, 0.717) is 11.3 Å². The van der Waals surface area contributed by atoms with Gasteiger partial charge in [-0.2, -0.15) is 0 Å². The molecular formula is C17H24BrN. The number of benzene rings is 1. The molecule has 1 spiro atoms. The van der Waals surface area contributed by atoms with E-state index in [2.05, 4.69) is 52.4 Å². The summed E-state index contributed by atoms with van der Waals surface area (Å²) in [4.78, 5) is 0. The maximum absolute atomic E-state index is 3.64. The van der Waals surface area contributed by atoms with Crippen LogP contribution in [0.2, 0.25) is 0 Å². The third-order valence-corrected chi connectivity index (χ3v) is 6.05. The van der Waals surface area contributed by atoms with E-state index in [-0.39, 0.29) is 0 Å². The summed E-state index contributed by atoms with van der Waals surface area (Å²) in [6.07, 6.45) is 7.03. The second-order valence-corrected chi connectivity index (χ2v) is 7.21. The molecule has 2 aliphatic rings. The molecule has 1 N–H and O–H groups in total. The summed E-state index contributed by atoms with van der Waals surface area (Å²) < 4.78 is 1.22. The minimum absolute atomic E-state index is 0.570.